The Bertz CT molecular complexity index is 602. The summed E-state index contributed by atoms with van der Waals surface area (Å²) in [7, 11) is 0. The molecule has 100 valence electrons. The van der Waals surface area contributed by atoms with Crippen molar-refractivity contribution in [3.8, 4) is 0 Å². The second-order valence-corrected chi connectivity index (χ2v) is 6.51. The summed E-state index contributed by atoms with van der Waals surface area (Å²) in [6.45, 7) is 4.72. The van der Waals surface area contributed by atoms with Crippen LogP contribution in [0.2, 0.25) is 0 Å². The highest BCUT2D eigenvalue weighted by Crippen LogP contribution is 2.27. The van der Waals surface area contributed by atoms with Crippen molar-refractivity contribution in [3.63, 3.8) is 0 Å². The molecule has 0 radical (unpaired) electrons. The number of anilines is 1. The third kappa shape index (κ3) is 3.16. The largest absolute Gasteiger partial charge is 0.380 e. The summed E-state index contributed by atoms with van der Waals surface area (Å²) in [6, 6.07) is 7.65. The lowest BCUT2D eigenvalue weighted by atomic mass is 10.1. The first kappa shape index (κ1) is 14.1. The average Bonchev–Trinajstić information content (AvgIpc) is 2.67. The van der Waals surface area contributed by atoms with Crippen LogP contribution in [0, 0.1) is 13.8 Å². The standard InChI is InChI=1S/C14H15BrN2OS/c1-8-11(14(16)18)4-3-5-13(8)17-7-10-6-12(15)9(2)19-10/h3-6,17H,7H2,1-2H3,(H2,16,18). The Morgan fingerprint density at radius 2 is 2.16 bits per heavy atom. The highest BCUT2D eigenvalue weighted by atomic mass is 79.9. The van der Waals surface area contributed by atoms with Crippen molar-refractivity contribution >= 4 is 38.9 Å². The van der Waals surface area contributed by atoms with Crippen LogP contribution in [0.3, 0.4) is 0 Å². The molecule has 2 rings (SSSR count). The van der Waals surface area contributed by atoms with Crippen LogP contribution in [-0.4, -0.2) is 5.91 Å². The van der Waals surface area contributed by atoms with Gasteiger partial charge < -0.3 is 11.1 Å². The molecule has 0 saturated carbocycles. The number of halogens is 1. The van der Waals surface area contributed by atoms with E-state index >= 15 is 0 Å². The van der Waals surface area contributed by atoms with Crippen LogP contribution in [0.5, 0.6) is 0 Å². The highest BCUT2D eigenvalue weighted by molar-refractivity contribution is 9.10. The summed E-state index contributed by atoms with van der Waals surface area (Å²) in [4.78, 5) is 13.8. The molecule has 19 heavy (non-hydrogen) atoms. The predicted molar refractivity (Wildman–Crippen MR) is 83.8 cm³/mol. The van der Waals surface area contributed by atoms with Gasteiger partial charge in [-0.25, -0.2) is 0 Å². The Morgan fingerprint density at radius 3 is 2.74 bits per heavy atom. The minimum Gasteiger partial charge on any atom is -0.380 e. The fourth-order valence-electron chi connectivity index (χ4n) is 1.88. The van der Waals surface area contributed by atoms with Crippen LogP contribution < -0.4 is 11.1 Å². The second-order valence-electron chi connectivity index (χ2n) is 4.31. The fourth-order valence-corrected chi connectivity index (χ4v) is 3.42. The molecule has 3 nitrogen and oxygen atoms in total. The molecule has 0 atom stereocenters. The lowest BCUT2D eigenvalue weighted by Crippen LogP contribution is -2.13. The normalized spacial score (nSPS) is 10.5. The zero-order chi connectivity index (χ0) is 14.0. The Balaban J connectivity index is 2.16. The molecule has 5 heteroatoms. The lowest BCUT2D eigenvalue weighted by Gasteiger charge is -2.10. The average molecular weight is 339 g/mol. The monoisotopic (exact) mass is 338 g/mol. The number of amides is 1. The molecule has 1 heterocycles. The van der Waals surface area contributed by atoms with Crippen molar-refractivity contribution in [3.05, 3.63) is 49.6 Å². The van der Waals surface area contributed by atoms with Gasteiger partial charge in [-0.2, -0.15) is 0 Å². The number of thiophene rings is 1. The van der Waals surface area contributed by atoms with E-state index in [1.807, 2.05) is 19.1 Å². The van der Waals surface area contributed by atoms with Crippen molar-refractivity contribution in [2.75, 3.05) is 5.32 Å². The van der Waals surface area contributed by atoms with Crippen molar-refractivity contribution in [2.45, 2.75) is 20.4 Å². The van der Waals surface area contributed by atoms with Gasteiger partial charge in [0.1, 0.15) is 0 Å². The van der Waals surface area contributed by atoms with E-state index in [-0.39, 0.29) is 0 Å². The van der Waals surface area contributed by atoms with E-state index in [2.05, 4.69) is 34.2 Å². The van der Waals surface area contributed by atoms with Crippen LogP contribution in [0.1, 0.15) is 25.7 Å². The number of nitrogens with two attached hydrogens (primary N) is 1. The maximum Gasteiger partial charge on any atom is 0.249 e. The highest BCUT2D eigenvalue weighted by Gasteiger charge is 2.09. The third-order valence-corrected chi connectivity index (χ3v) is 5.10. The molecule has 0 saturated heterocycles. The van der Waals surface area contributed by atoms with Crippen molar-refractivity contribution < 1.29 is 4.79 Å². The Kier molecular flexibility index (Phi) is 4.27. The zero-order valence-corrected chi connectivity index (χ0v) is 13.2. The second kappa shape index (κ2) is 5.75. The smallest absolute Gasteiger partial charge is 0.249 e. The number of aryl methyl sites for hydroxylation is 1. The van der Waals surface area contributed by atoms with Crippen LogP contribution in [0.4, 0.5) is 5.69 Å². The fraction of sp³-hybridized carbons (Fsp3) is 0.214. The van der Waals surface area contributed by atoms with Crippen LogP contribution in [0.15, 0.2) is 28.7 Å². The first-order valence-electron chi connectivity index (χ1n) is 5.87. The summed E-state index contributed by atoms with van der Waals surface area (Å²) in [5.41, 5.74) is 7.74. The lowest BCUT2D eigenvalue weighted by molar-refractivity contribution is 0.1000. The minimum absolute atomic E-state index is 0.393. The summed E-state index contributed by atoms with van der Waals surface area (Å²) in [5, 5.41) is 3.35. The number of carbonyl (C=O) groups is 1. The van der Waals surface area contributed by atoms with Crippen LogP contribution in [-0.2, 0) is 6.54 Å². The summed E-state index contributed by atoms with van der Waals surface area (Å²) >= 11 is 5.26. The molecule has 0 spiro atoms. The molecule has 0 fully saturated rings. The molecule has 3 N–H and O–H groups in total. The van der Waals surface area contributed by atoms with Gasteiger partial charge in [-0.3, -0.25) is 4.79 Å². The van der Waals surface area contributed by atoms with Crippen molar-refractivity contribution in [2.24, 2.45) is 5.73 Å². The van der Waals surface area contributed by atoms with E-state index < -0.39 is 5.91 Å². The summed E-state index contributed by atoms with van der Waals surface area (Å²) < 4.78 is 1.14. The van der Waals surface area contributed by atoms with Gasteiger partial charge >= 0.3 is 0 Å². The molecule has 1 aromatic carbocycles. The minimum atomic E-state index is -0.393. The van der Waals surface area contributed by atoms with E-state index in [0.717, 1.165) is 22.3 Å². The Labute approximate surface area is 125 Å². The Morgan fingerprint density at radius 1 is 1.42 bits per heavy atom. The molecule has 1 aromatic heterocycles. The number of rotatable bonds is 4. The molecule has 0 aliphatic heterocycles. The molecule has 2 aromatic rings. The Hall–Kier alpha value is -1.33. The molecule has 1 amide bonds. The van der Waals surface area contributed by atoms with Gasteiger partial charge in [0, 0.05) is 32.0 Å². The number of carbonyl (C=O) groups excluding carboxylic acids is 1. The van der Waals surface area contributed by atoms with E-state index in [9.17, 15) is 4.79 Å². The van der Waals surface area contributed by atoms with Gasteiger partial charge in [-0.1, -0.05) is 6.07 Å². The van der Waals surface area contributed by atoms with Gasteiger partial charge in [0.2, 0.25) is 5.91 Å². The van der Waals surface area contributed by atoms with Crippen LogP contribution >= 0.6 is 27.3 Å². The van der Waals surface area contributed by atoms with Gasteiger partial charge in [0.15, 0.2) is 0 Å². The molecular weight excluding hydrogens is 324 g/mol. The maximum absolute atomic E-state index is 11.3. The summed E-state index contributed by atoms with van der Waals surface area (Å²) in [5.74, 6) is -0.393. The molecule has 0 unspecified atom stereocenters. The van der Waals surface area contributed by atoms with E-state index in [1.54, 1.807) is 17.4 Å². The van der Waals surface area contributed by atoms with Crippen molar-refractivity contribution in [1.82, 2.24) is 0 Å². The predicted octanol–water partition coefficient (Wildman–Crippen LogP) is 3.84. The van der Waals surface area contributed by atoms with Crippen LogP contribution in [0.25, 0.3) is 0 Å². The van der Waals surface area contributed by atoms with Gasteiger partial charge in [0.25, 0.3) is 0 Å². The number of hydrogen-bond acceptors (Lipinski definition) is 3. The first-order chi connectivity index (χ1) is 8.99. The first-order valence-corrected chi connectivity index (χ1v) is 7.48. The maximum atomic E-state index is 11.3. The molecule has 0 aliphatic carbocycles. The molecular formula is C14H15BrN2OS. The van der Waals surface area contributed by atoms with E-state index in [4.69, 9.17) is 5.73 Å². The zero-order valence-electron chi connectivity index (χ0n) is 10.8. The topological polar surface area (TPSA) is 55.1 Å². The number of nitrogens with one attached hydrogen (secondary N) is 1. The number of benzene rings is 1. The summed E-state index contributed by atoms with van der Waals surface area (Å²) in [6.07, 6.45) is 0. The molecule has 0 bridgehead atoms. The number of hydrogen-bond donors (Lipinski definition) is 2. The van der Waals surface area contributed by atoms with Gasteiger partial charge in [-0.15, -0.1) is 11.3 Å². The third-order valence-electron chi connectivity index (χ3n) is 2.96. The van der Waals surface area contributed by atoms with Crippen molar-refractivity contribution in [1.29, 1.82) is 0 Å². The number of primary amides is 1. The molecule has 0 aliphatic rings. The van der Waals surface area contributed by atoms with Gasteiger partial charge in [0.05, 0.1) is 0 Å². The van der Waals surface area contributed by atoms with E-state index in [0.29, 0.717) is 5.56 Å². The quantitative estimate of drug-likeness (QED) is 0.889. The SMILES string of the molecule is Cc1sc(CNc2cccc(C(N)=O)c2C)cc1Br. The van der Waals surface area contributed by atoms with Gasteiger partial charge in [-0.05, 0) is 53.5 Å². The van der Waals surface area contributed by atoms with E-state index in [1.165, 1.54) is 9.75 Å².